The van der Waals surface area contributed by atoms with Crippen LogP contribution in [-0.2, 0) is 6.54 Å². The lowest BCUT2D eigenvalue weighted by molar-refractivity contribution is 0.0785. The average molecular weight is 526 g/mol. The largest absolute Gasteiger partial charge is 0.493 e. The SMILES string of the molecule is COc1cc(CN(C)C(=O)c2ccc(-c3cc(-c4ccc(Cl)cc4Cl)[nH]n3)cc2)cc(OC)c1OC. The Bertz CT molecular complexity index is 1360. The number of aromatic amines is 1. The molecule has 0 unspecified atom stereocenters. The number of halogens is 2. The van der Waals surface area contributed by atoms with Crippen LogP contribution in [0.4, 0.5) is 0 Å². The van der Waals surface area contributed by atoms with Gasteiger partial charge in [0.2, 0.25) is 5.75 Å². The molecule has 4 aromatic rings. The lowest BCUT2D eigenvalue weighted by Crippen LogP contribution is -2.26. The molecule has 0 spiro atoms. The first-order valence-corrected chi connectivity index (χ1v) is 11.8. The summed E-state index contributed by atoms with van der Waals surface area (Å²) in [6.45, 7) is 0.363. The summed E-state index contributed by atoms with van der Waals surface area (Å²) in [5.74, 6) is 1.46. The number of ether oxygens (including phenoxy) is 3. The Kier molecular flexibility index (Phi) is 7.72. The van der Waals surface area contributed by atoms with Gasteiger partial charge in [0.15, 0.2) is 11.5 Å². The van der Waals surface area contributed by atoms with Crippen molar-refractivity contribution in [2.45, 2.75) is 6.54 Å². The number of hydrogen-bond acceptors (Lipinski definition) is 5. The zero-order chi connectivity index (χ0) is 25.8. The fourth-order valence-corrected chi connectivity index (χ4v) is 4.40. The molecule has 0 saturated heterocycles. The van der Waals surface area contributed by atoms with Gasteiger partial charge in [-0.05, 0) is 54.1 Å². The molecule has 1 heterocycles. The Morgan fingerprint density at radius 2 is 1.58 bits per heavy atom. The number of hydrogen-bond donors (Lipinski definition) is 1. The molecule has 1 amide bonds. The number of carbonyl (C=O) groups excluding carboxylic acids is 1. The second-order valence-corrected chi connectivity index (χ2v) is 8.91. The zero-order valence-electron chi connectivity index (χ0n) is 20.3. The van der Waals surface area contributed by atoms with Crippen molar-refractivity contribution in [3.05, 3.63) is 81.8 Å². The number of benzene rings is 3. The molecule has 36 heavy (non-hydrogen) atoms. The number of amides is 1. The molecule has 7 nitrogen and oxygen atoms in total. The Morgan fingerprint density at radius 3 is 2.17 bits per heavy atom. The first kappa shape index (κ1) is 25.4. The molecule has 9 heteroatoms. The van der Waals surface area contributed by atoms with Crippen LogP contribution in [0, 0.1) is 0 Å². The van der Waals surface area contributed by atoms with Crippen LogP contribution in [-0.4, -0.2) is 49.4 Å². The van der Waals surface area contributed by atoms with Crippen LogP contribution >= 0.6 is 23.2 Å². The molecule has 0 fully saturated rings. The highest BCUT2D eigenvalue weighted by molar-refractivity contribution is 6.36. The van der Waals surface area contributed by atoms with Gasteiger partial charge in [0, 0.05) is 35.3 Å². The average Bonchev–Trinajstić information content (AvgIpc) is 3.37. The van der Waals surface area contributed by atoms with Gasteiger partial charge >= 0.3 is 0 Å². The van der Waals surface area contributed by atoms with Gasteiger partial charge in [-0.2, -0.15) is 5.10 Å². The summed E-state index contributed by atoms with van der Waals surface area (Å²) >= 11 is 12.3. The molecule has 4 rings (SSSR count). The van der Waals surface area contributed by atoms with Gasteiger partial charge in [-0.25, -0.2) is 0 Å². The highest BCUT2D eigenvalue weighted by Crippen LogP contribution is 2.38. The van der Waals surface area contributed by atoms with Gasteiger partial charge in [0.1, 0.15) is 0 Å². The quantitative estimate of drug-likeness (QED) is 0.290. The summed E-state index contributed by atoms with van der Waals surface area (Å²) in [5.41, 5.74) is 4.59. The van der Waals surface area contributed by atoms with Crippen LogP contribution in [0.1, 0.15) is 15.9 Å². The smallest absolute Gasteiger partial charge is 0.253 e. The minimum absolute atomic E-state index is 0.119. The Labute approximate surface area is 219 Å². The van der Waals surface area contributed by atoms with Crippen molar-refractivity contribution in [1.29, 1.82) is 0 Å². The normalized spacial score (nSPS) is 10.7. The highest BCUT2D eigenvalue weighted by Gasteiger charge is 2.17. The Hall–Kier alpha value is -3.68. The number of methoxy groups -OCH3 is 3. The Morgan fingerprint density at radius 1 is 0.917 bits per heavy atom. The molecule has 0 atom stereocenters. The van der Waals surface area contributed by atoms with Gasteiger partial charge < -0.3 is 19.1 Å². The number of nitrogens with one attached hydrogen (secondary N) is 1. The molecule has 1 aromatic heterocycles. The number of nitrogens with zero attached hydrogens (tertiary/aromatic N) is 2. The zero-order valence-corrected chi connectivity index (χ0v) is 21.8. The lowest BCUT2D eigenvalue weighted by atomic mass is 10.1. The molecule has 0 aliphatic carbocycles. The summed E-state index contributed by atoms with van der Waals surface area (Å²) in [4.78, 5) is 14.7. The molecule has 0 saturated carbocycles. The van der Waals surface area contributed by atoms with E-state index < -0.39 is 0 Å². The van der Waals surface area contributed by atoms with E-state index >= 15 is 0 Å². The van der Waals surface area contributed by atoms with E-state index in [9.17, 15) is 4.79 Å². The van der Waals surface area contributed by atoms with Gasteiger partial charge in [-0.3, -0.25) is 9.89 Å². The predicted molar refractivity (Wildman–Crippen MR) is 141 cm³/mol. The van der Waals surface area contributed by atoms with Gasteiger partial charge in [-0.1, -0.05) is 35.3 Å². The van der Waals surface area contributed by atoms with E-state index in [-0.39, 0.29) is 5.91 Å². The van der Waals surface area contributed by atoms with E-state index in [1.807, 2.05) is 36.4 Å². The maximum Gasteiger partial charge on any atom is 0.253 e. The van der Waals surface area contributed by atoms with Gasteiger partial charge in [0.25, 0.3) is 5.91 Å². The molecular weight excluding hydrogens is 501 g/mol. The van der Waals surface area contributed by atoms with E-state index in [4.69, 9.17) is 37.4 Å². The van der Waals surface area contributed by atoms with Crippen molar-refractivity contribution in [3.63, 3.8) is 0 Å². The molecule has 186 valence electrons. The molecule has 1 N–H and O–H groups in total. The second kappa shape index (κ2) is 10.9. The third kappa shape index (κ3) is 5.27. The summed E-state index contributed by atoms with van der Waals surface area (Å²) < 4.78 is 16.2. The third-order valence-corrected chi connectivity index (χ3v) is 6.27. The van der Waals surface area contributed by atoms with Crippen molar-refractivity contribution in [3.8, 4) is 39.8 Å². The number of aromatic nitrogens is 2. The van der Waals surface area contributed by atoms with Gasteiger partial charge in [-0.15, -0.1) is 0 Å². The van der Waals surface area contributed by atoms with E-state index in [0.717, 1.165) is 28.1 Å². The van der Waals surface area contributed by atoms with Crippen molar-refractivity contribution in [2.24, 2.45) is 0 Å². The maximum atomic E-state index is 13.1. The van der Waals surface area contributed by atoms with E-state index in [0.29, 0.717) is 39.4 Å². The topological polar surface area (TPSA) is 76.7 Å². The Balaban J connectivity index is 1.49. The van der Waals surface area contributed by atoms with E-state index in [2.05, 4.69) is 10.2 Å². The number of H-pyrrole nitrogens is 1. The second-order valence-electron chi connectivity index (χ2n) is 8.06. The van der Waals surface area contributed by atoms with E-state index in [1.54, 1.807) is 57.5 Å². The molecule has 0 bridgehead atoms. The third-order valence-electron chi connectivity index (χ3n) is 5.72. The molecular formula is C27H25Cl2N3O4. The summed E-state index contributed by atoms with van der Waals surface area (Å²) in [7, 11) is 6.42. The summed E-state index contributed by atoms with van der Waals surface area (Å²) in [5, 5.41) is 8.51. The highest BCUT2D eigenvalue weighted by atomic mass is 35.5. The van der Waals surface area contributed by atoms with Gasteiger partial charge in [0.05, 0.1) is 37.7 Å². The molecule has 0 aliphatic heterocycles. The van der Waals surface area contributed by atoms with Crippen LogP contribution < -0.4 is 14.2 Å². The number of carbonyl (C=O) groups is 1. The fourth-order valence-electron chi connectivity index (χ4n) is 3.89. The van der Waals surface area contributed by atoms with Crippen molar-refractivity contribution >= 4 is 29.1 Å². The van der Waals surface area contributed by atoms with Crippen molar-refractivity contribution < 1.29 is 19.0 Å². The first-order chi connectivity index (χ1) is 17.3. The fraction of sp³-hybridized carbons (Fsp3) is 0.185. The van der Waals surface area contributed by atoms with Crippen LogP contribution in [0.3, 0.4) is 0 Å². The monoisotopic (exact) mass is 525 g/mol. The minimum atomic E-state index is -0.119. The molecule has 0 radical (unpaired) electrons. The molecule has 0 aliphatic rings. The number of rotatable bonds is 8. The summed E-state index contributed by atoms with van der Waals surface area (Å²) in [6, 6.07) is 18.2. The lowest BCUT2D eigenvalue weighted by Gasteiger charge is -2.20. The van der Waals surface area contributed by atoms with Crippen LogP contribution in [0.25, 0.3) is 22.5 Å². The predicted octanol–water partition coefficient (Wildman–Crippen LogP) is 6.35. The minimum Gasteiger partial charge on any atom is -0.493 e. The van der Waals surface area contributed by atoms with Crippen LogP contribution in [0.2, 0.25) is 10.0 Å². The molecule has 3 aromatic carbocycles. The van der Waals surface area contributed by atoms with Crippen molar-refractivity contribution in [1.82, 2.24) is 15.1 Å². The van der Waals surface area contributed by atoms with Crippen LogP contribution in [0.5, 0.6) is 17.2 Å². The standard InChI is InChI=1S/C27H25Cl2N3O4/c1-32(15-16-11-24(34-2)26(36-4)25(12-16)35-3)27(33)18-7-5-17(6-8-18)22-14-23(31-30-22)20-10-9-19(28)13-21(20)29/h5-14H,15H2,1-4H3,(H,30,31). The first-order valence-electron chi connectivity index (χ1n) is 11.0. The maximum absolute atomic E-state index is 13.1. The summed E-state index contributed by atoms with van der Waals surface area (Å²) in [6.07, 6.45) is 0. The van der Waals surface area contributed by atoms with E-state index in [1.165, 1.54) is 0 Å². The van der Waals surface area contributed by atoms with Crippen molar-refractivity contribution in [2.75, 3.05) is 28.4 Å². The van der Waals surface area contributed by atoms with Crippen LogP contribution in [0.15, 0.2) is 60.7 Å².